The maximum atomic E-state index is 12.2. The Morgan fingerprint density at radius 3 is 2.36 bits per heavy atom. The van der Waals surface area contributed by atoms with E-state index in [1.165, 1.54) is 5.56 Å². The molecule has 132 valence electrons. The fourth-order valence-electron chi connectivity index (χ4n) is 2.36. The summed E-state index contributed by atoms with van der Waals surface area (Å²) < 4.78 is 5.21. The van der Waals surface area contributed by atoms with Gasteiger partial charge in [-0.3, -0.25) is 4.79 Å². The molecule has 0 heterocycles. The first-order chi connectivity index (χ1) is 12.0. The topological polar surface area (TPSA) is 55.4 Å². The van der Waals surface area contributed by atoms with Crippen LogP contribution < -0.4 is 5.32 Å². The zero-order chi connectivity index (χ0) is 18.2. The molecule has 4 nitrogen and oxygen atoms in total. The van der Waals surface area contributed by atoms with E-state index in [2.05, 4.69) is 17.4 Å². The fraction of sp³-hybridized carbons (Fsp3) is 0.300. The summed E-state index contributed by atoms with van der Waals surface area (Å²) in [5.41, 5.74) is 1.47. The molecule has 0 saturated heterocycles. The van der Waals surface area contributed by atoms with E-state index in [0.29, 0.717) is 5.02 Å². The first-order valence-corrected chi connectivity index (χ1v) is 8.65. The largest absolute Gasteiger partial charge is 0.449 e. The Morgan fingerprint density at radius 2 is 1.68 bits per heavy atom. The fourth-order valence-corrected chi connectivity index (χ4v) is 2.58. The zero-order valence-electron chi connectivity index (χ0n) is 14.4. The summed E-state index contributed by atoms with van der Waals surface area (Å²) in [5.74, 6) is -0.925. The predicted molar refractivity (Wildman–Crippen MR) is 98.7 cm³/mol. The van der Waals surface area contributed by atoms with Gasteiger partial charge in [0.25, 0.3) is 5.91 Å². The molecular formula is C20H22ClNO3. The molecule has 0 aliphatic rings. The second-order valence-corrected chi connectivity index (χ2v) is 6.37. The molecule has 2 aromatic carbocycles. The quantitative estimate of drug-likeness (QED) is 0.759. The maximum absolute atomic E-state index is 12.2. The minimum Gasteiger partial charge on any atom is -0.449 e. The lowest BCUT2D eigenvalue weighted by molar-refractivity contribution is -0.129. The average molecular weight is 360 g/mol. The van der Waals surface area contributed by atoms with Crippen molar-refractivity contribution < 1.29 is 14.3 Å². The van der Waals surface area contributed by atoms with Crippen LogP contribution in [-0.2, 0) is 16.0 Å². The molecule has 0 aliphatic heterocycles. The molecule has 0 aliphatic carbocycles. The highest BCUT2D eigenvalue weighted by Crippen LogP contribution is 2.16. The van der Waals surface area contributed by atoms with Crippen LogP contribution in [0.25, 0.3) is 0 Å². The van der Waals surface area contributed by atoms with Crippen molar-refractivity contribution in [1.82, 2.24) is 5.32 Å². The van der Waals surface area contributed by atoms with E-state index in [9.17, 15) is 9.59 Å². The lowest BCUT2D eigenvalue weighted by atomic mass is 10.1. The number of benzene rings is 2. The van der Waals surface area contributed by atoms with Gasteiger partial charge in [-0.15, -0.1) is 0 Å². The molecule has 0 fully saturated rings. The number of halogens is 1. The highest BCUT2D eigenvalue weighted by atomic mass is 35.5. The molecule has 0 aromatic heterocycles. The van der Waals surface area contributed by atoms with Crippen LogP contribution in [0.4, 0.5) is 0 Å². The molecule has 2 rings (SSSR count). The molecule has 1 N–H and O–H groups in total. The third kappa shape index (κ3) is 5.91. The van der Waals surface area contributed by atoms with Crippen molar-refractivity contribution >= 4 is 23.5 Å². The molecule has 1 amide bonds. The first-order valence-electron chi connectivity index (χ1n) is 8.27. The molecule has 2 aromatic rings. The highest BCUT2D eigenvalue weighted by molar-refractivity contribution is 6.33. The Balaban J connectivity index is 1.81. The minimum absolute atomic E-state index is 0.0193. The number of hydrogen-bond acceptors (Lipinski definition) is 3. The van der Waals surface area contributed by atoms with Crippen LogP contribution in [0.3, 0.4) is 0 Å². The Bertz CT molecular complexity index is 718. The van der Waals surface area contributed by atoms with Gasteiger partial charge >= 0.3 is 5.97 Å². The van der Waals surface area contributed by atoms with Gasteiger partial charge in [-0.1, -0.05) is 54.1 Å². The summed E-state index contributed by atoms with van der Waals surface area (Å²) >= 11 is 5.96. The van der Waals surface area contributed by atoms with E-state index in [1.54, 1.807) is 31.2 Å². The Morgan fingerprint density at radius 1 is 1.04 bits per heavy atom. The number of ether oxygens (including phenoxy) is 1. The van der Waals surface area contributed by atoms with E-state index in [4.69, 9.17) is 16.3 Å². The average Bonchev–Trinajstić information content (AvgIpc) is 2.61. The van der Waals surface area contributed by atoms with Gasteiger partial charge in [0.2, 0.25) is 0 Å². The van der Waals surface area contributed by atoms with E-state index < -0.39 is 12.1 Å². The van der Waals surface area contributed by atoms with Gasteiger partial charge in [-0.2, -0.15) is 0 Å². The zero-order valence-corrected chi connectivity index (χ0v) is 15.1. The van der Waals surface area contributed by atoms with Crippen LogP contribution in [0.15, 0.2) is 54.6 Å². The summed E-state index contributed by atoms with van der Waals surface area (Å²) in [6.45, 7) is 3.48. The molecule has 0 saturated carbocycles. The number of carbonyl (C=O) groups excluding carboxylic acids is 2. The van der Waals surface area contributed by atoms with Gasteiger partial charge in [0, 0.05) is 6.04 Å². The van der Waals surface area contributed by atoms with Crippen LogP contribution in [0.2, 0.25) is 5.02 Å². The number of amides is 1. The standard InChI is InChI=1S/C20H22ClNO3/c1-14(12-13-16-8-4-3-5-9-16)22-19(23)15(2)25-20(24)17-10-6-7-11-18(17)21/h3-11,14-15H,12-13H2,1-2H3,(H,22,23)/t14-,15+/m0/s1. The smallest absolute Gasteiger partial charge is 0.340 e. The van der Waals surface area contributed by atoms with E-state index in [1.807, 2.05) is 25.1 Å². The Hall–Kier alpha value is -2.33. The van der Waals surface area contributed by atoms with Crippen molar-refractivity contribution in [3.05, 3.63) is 70.7 Å². The van der Waals surface area contributed by atoms with Crippen LogP contribution in [0.5, 0.6) is 0 Å². The maximum Gasteiger partial charge on any atom is 0.340 e. The first kappa shape index (κ1) is 19.0. The number of aryl methyl sites for hydroxylation is 1. The number of carbonyl (C=O) groups is 2. The second kappa shape index (κ2) is 9.23. The van der Waals surface area contributed by atoms with Gasteiger partial charge in [-0.05, 0) is 44.4 Å². The van der Waals surface area contributed by atoms with Gasteiger partial charge < -0.3 is 10.1 Å². The normalized spacial score (nSPS) is 12.9. The van der Waals surface area contributed by atoms with E-state index >= 15 is 0 Å². The molecule has 25 heavy (non-hydrogen) atoms. The van der Waals surface area contributed by atoms with Crippen molar-refractivity contribution in [2.45, 2.75) is 38.8 Å². The minimum atomic E-state index is -0.886. The van der Waals surface area contributed by atoms with Gasteiger partial charge in [0.1, 0.15) is 0 Å². The molecule has 2 atom stereocenters. The summed E-state index contributed by atoms with van der Waals surface area (Å²) in [4.78, 5) is 24.3. The summed E-state index contributed by atoms with van der Waals surface area (Å²) in [7, 11) is 0. The Labute approximate surface area is 153 Å². The number of hydrogen-bond donors (Lipinski definition) is 1. The highest BCUT2D eigenvalue weighted by Gasteiger charge is 2.21. The van der Waals surface area contributed by atoms with Crippen molar-refractivity contribution in [3.8, 4) is 0 Å². The van der Waals surface area contributed by atoms with Gasteiger partial charge in [0.05, 0.1) is 10.6 Å². The van der Waals surface area contributed by atoms with Crippen LogP contribution in [0, 0.1) is 0 Å². The van der Waals surface area contributed by atoms with Crippen molar-refractivity contribution in [3.63, 3.8) is 0 Å². The predicted octanol–water partition coefficient (Wildman–Crippen LogP) is 4.02. The molecular weight excluding hydrogens is 338 g/mol. The molecule has 0 unspecified atom stereocenters. The molecule has 5 heteroatoms. The summed E-state index contributed by atoms with van der Waals surface area (Å²) in [6, 6.07) is 16.7. The molecule has 0 bridgehead atoms. The third-order valence-electron chi connectivity index (χ3n) is 3.84. The summed E-state index contributed by atoms with van der Waals surface area (Å²) in [6.07, 6.45) is 0.791. The van der Waals surface area contributed by atoms with Crippen molar-refractivity contribution in [1.29, 1.82) is 0 Å². The lowest BCUT2D eigenvalue weighted by Crippen LogP contribution is -2.41. The SMILES string of the molecule is C[C@@H](CCc1ccccc1)NC(=O)[C@@H](C)OC(=O)c1ccccc1Cl. The number of nitrogens with one attached hydrogen (secondary N) is 1. The molecule has 0 spiro atoms. The van der Waals surface area contributed by atoms with E-state index in [0.717, 1.165) is 12.8 Å². The van der Waals surface area contributed by atoms with Gasteiger partial charge in [0.15, 0.2) is 6.10 Å². The van der Waals surface area contributed by atoms with Gasteiger partial charge in [-0.25, -0.2) is 4.79 Å². The Kier molecular flexibility index (Phi) is 7.02. The van der Waals surface area contributed by atoms with Crippen LogP contribution >= 0.6 is 11.6 Å². The third-order valence-corrected chi connectivity index (χ3v) is 4.17. The van der Waals surface area contributed by atoms with E-state index in [-0.39, 0.29) is 17.5 Å². The summed E-state index contributed by atoms with van der Waals surface area (Å²) in [5, 5.41) is 3.17. The van der Waals surface area contributed by atoms with Crippen molar-refractivity contribution in [2.75, 3.05) is 0 Å². The number of rotatable bonds is 7. The monoisotopic (exact) mass is 359 g/mol. The second-order valence-electron chi connectivity index (χ2n) is 5.96. The number of esters is 1. The van der Waals surface area contributed by atoms with Crippen molar-refractivity contribution in [2.24, 2.45) is 0 Å². The van der Waals surface area contributed by atoms with Crippen LogP contribution in [-0.4, -0.2) is 24.0 Å². The lowest BCUT2D eigenvalue weighted by Gasteiger charge is -2.18. The van der Waals surface area contributed by atoms with Crippen LogP contribution in [0.1, 0.15) is 36.2 Å². The molecule has 0 radical (unpaired) electrons.